The molecule has 0 bridgehead atoms. The Hall–Kier alpha value is -4.31. The molecule has 1 aromatic heterocycles. The Morgan fingerprint density at radius 1 is 0.976 bits per heavy atom. The molecular formula is C31H26F3N5OS. The van der Waals surface area contributed by atoms with E-state index in [4.69, 9.17) is 0 Å². The van der Waals surface area contributed by atoms with Crippen LogP contribution in [0, 0.1) is 13.8 Å². The summed E-state index contributed by atoms with van der Waals surface area (Å²) in [5.74, 6) is 0.746. The summed E-state index contributed by atoms with van der Waals surface area (Å²) in [6, 6.07) is 22.0. The summed E-state index contributed by atoms with van der Waals surface area (Å²) in [6.45, 7) is 5.17. The molecule has 0 N–H and O–H groups in total. The van der Waals surface area contributed by atoms with Crippen molar-refractivity contribution >= 4 is 50.6 Å². The zero-order valence-corrected chi connectivity index (χ0v) is 23.2. The Labute approximate surface area is 239 Å². The van der Waals surface area contributed by atoms with Gasteiger partial charge in [-0.2, -0.15) is 5.10 Å². The first-order valence-corrected chi connectivity index (χ1v) is 14.1. The summed E-state index contributed by atoms with van der Waals surface area (Å²) >= 11 is 1.72. The Kier molecular flexibility index (Phi) is 7.17. The average Bonchev–Trinajstić information content (AvgIpc) is 3.38. The molecule has 6 nitrogen and oxygen atoms in total. The molecule has 0 saturated carbocycles. The van der Waals surface area contributed by atoms with Crippen LogP contribution in [0.15, 0.2) is 89.3 Å². The van der Waals surface area contributed by atoms with Crippen molar-refractivity contribution in [3.8, 4) is 11.4 Å². The molecule has 2 heterocycles. The molecule has 0 aliphatic carbocycles. The summed E-state index contributed by atoms with van der Waals surface area (Å²) in [5, 5.41) is 11.9. The summed E-state index contributed by atoms with van der Waals surface area (Å²) in [6.07, 6.45) is -0.209. The summed E-state index contributed by atoms with van der Waals surface area (Å²) < 4.78 is 43.3. The number of hydrogen-bond acceptors (Lipinski definition) is 5. The second-order valence-corrected chi connectivity index (χ2v) is 10.9. The van der Waals surface area contributed by atoms with Crippen LogP contribution in [0.5, 0.6) is 5.75 Å². The molecule has 208 valence electrons. The van der Waals surface area contributed by atoms with Gasteiger partial charge in [0.2, 0.25) is 0 Å². The minimum absolute atomic E-state index is 0.268. The van der Waals surface area contributed by atoms with E-state index in [2.05, 4.69) is 56.9 Å². The molecule has 0 radical (unpaired) electrons. The lowest BCUT2D eigenvalue weighted by Crippen LogP contribution is -2.35. The lowest BCUT2D eigenvalue weighted by atomic mass is 10.1. The fraction of sp³-hybridized carbons (Fsp3) is 0.194. The Balaban J connectivity index is 1.25. The van der Waals surface area contributed by atoms with Crippen LogP contribution in [0.1, 0.15) is 23.1 Å². The number of hydrogen-bond donors (Lipinski definition) is 0. The number of benzene rings is 4. The predicted octanol–water partition coefficient (Wildman–Crippen LogP) is 8.03. The van der Waals surface area contributed by atoms with Gasteiger partial charge in [-0.1, -0.05) is 48.2 Å². The second kappa shape index (κ2) is 10.9. The van der Waals surface area contributed by atoms with Gasteiger partial charge in [-0.15, -0.1) is 18.3 Å². The average molecular weight is 574 g/mol. The number of fused-ring (bicyclic) bond motifs is 3. The predicted molar refractivity (Wildman–Crippen MR) is 161 cm³/mol. The molecule has 41 heavy (non-hydrogen) atoms. The van der Waals surface area contributed by atoms with Gasteiger partial charge >= 0.3 is 6.36 Å². The van der Waals surface area contributed by atoms with Crippen LogP contribution in [0.4, 0.5) is 18.9 Å². The van der Waals surface area contributed by atoms with E-state index < -0.39 is 6.36 Å². The molecule has 1 fully saturated rings. The van der Waals surface area contributed by atoms with Gasteiger partial charge in [-0.05, 0) is 78.7 Å². The van der Waals surface area contributed by atoms with Crippen LogP contribution in [0.3, 0.4) is 0 Å². The smallest absolute Gasteiger partial charge is 0.406 e. The summed E-state index contributed by atoms with van der Waals surface area (Å²) in [7, 11) is 0. The second-order valence-electron chi connectivity index (χ2n) is 9.79. The van der Waals surface area contributed by atoms with Gasteiger partial charge in [0.1, 0.15) is 12.1 Å². The van der Waals surface area contributed by atoms with Crippen molar-refractivity contribution < 1.29 is 17.9 Å². The first kappa shape index (κ1) is 26.9. The maximum Gasteiger partial charge on any atom is 0.573 e. The molecule has 1 aliphatic rings. The van der Waals surface area contributed by atoms with Crippen LogP contribution >= 0.6 is 11.8 Å². The zero-order valence-electron chi connectivity index (χ0n) is 22.4. The largest absolute Gasteiger partial charge is 0.573 e. The number of nitrogens with zero attached hydrogens (tertiary/aromatic N) is 5. The number of para-hydroxylation sites is 1. The van der Waals surface area contributed by atoms with Crippen molar-refractivity contribution in [2.75, 3.05) is 17.2 Å². The third kappa shape index (κ3) is 5.65. The molecular weight excluding hydrogens is 547 g/mol. The van der Waals surface area contributed by atoms with Gasteiger partial charge in [0.05, 0.1) is 17.2 Å². The van der Waals surface area contributed by atoms with E-state index >= 15 is 0 Å². The Morgan fingerprint density at radius 2 is 1.76 bits per heavy atom. The number of aromatic nitrogens is 2. The topological polar surface area (TPSA) is 55.0 Å². The molecule has 6 rings (SSSR count). The van der Waals surface area contributed by atoms with E-state index in [1.54, 1.807) is 36.4 Å². The van der Waals surface area contributed by atoms with E-state index in [1.165, 1.54) is 28.9 Å². The van der Waals surface area contributed by atoms with Crippen molar-refractivity contribution in [1.82, 2.24) is 9.55 Å². The molecule has 0 atom stereocenters. The van der Waals surface area contributed by atoms with Crippen molar-refractivity contribution in [3.05, 3.63) is 95.8 Å². The van der Waals surface area contributed by atoms with Crippen molar-refractivity contribution in [2.45, 2.75) is 26.6 Å². The SMILES string of the molecule is Cc1cccc(C)c1N1CCCS/C1=N/N=C/c1ccc2c(ccc3c2ncn3-c2ccc(OC(F)(F)F)cc2)c1. The van der Waals surface area contributed by atoms with E-state index in [0.29, 0.717) is 5.69 Å². The lowest BCUT2D eigenvalue weighted by molar-refractivity contribution is -0.274. The fourth-order valence-corrected chi connectivity index (χ4v) is 6.05. The number of halogens is 3. The molecule has 0 spiro atoms. The van der Waals surface area contributed by atoms with Crippen LogP contribution in [0.25, 0.3) is 27.5 Å². The zero-order chi connectivity index (χ0) is 28.6. The van der Waals surface area contributed by atoms with E-state index in [1.807, 2.05) is 34.9 Å². The molecule has 0 amide bonds. The Morgan fingerprint density at radius 3 is 2.51 bits per heavy atom. The van der Waals surface area contributed by atoms with Crippen molar-refractivity contribution in [1.29, 1.82) is 0 Å². The van der Waals surface area contributed by atoms with E-state index in [9.17, 15) is 13.2 Å². The van der Waals surface area contributed by atoms with Crippen molar-refractivity contribution in [2.24, 2.45) is 10.2 Å². The fourth-order valence-electron chi connectivity index (χ4n) is 5.15. The Bertz CT molecular complexity index is 1770. The minimum Gasteiger partial charge on any atom is -0.406 e. The highest BCUT2D eigenvalue weighted by molar-refractivity contribution is 8.14. The van der Waals surface area contributed by atoms with Gasteiger partial charge in [0, 0.05) is 29.1 Å². The third-order valence-electron chi connectivity index (χ3n) is 6.95. The first-order valence-electron chi connectivity index (χ1n) is 13.1. The number of rotatable bonds is 5. The number of alkyl halides is 3. The monoisotopic (exact) mass is 573 g/mol. The number of thioether (sulfide) groups is 1. The summed E-state index contributed by atoms with van der Waals surface area (Å²) in [4.78, 5) is 6.86. The van der Waals surface area contributed by atoms with Crippen LogP contribution in [-0.2, 0) is 0 Å². The molecule has 5 aromatic rings. The highest BCUT2D eigenvalue weighted by Gasteiger charge is 2.31. The molecule has 1 aliphatic heterocycles. The molecule has 10 heteroatoms. The van der Waals surface area contributed by atoms with Gasteiger partial charge in [0.15, 0.2) is 5.17 Å². The number of amidine groups is 1. The van der Waals surface area contributed by atoms with Gasteiger partial charge in [-0.25, -0.2) is 4.98 Å². The highest BCUT2D eigenvalue weighted by atomic mass is 32.2. The molecule has 0 unspecified atom stereocenters. The number of anilines is 1. The van der Waals surface area contributed by atoms with Crippen molar-refractivity contribution in [3.63, 3.8) is 0 Å². The minimum atomic E-state index is -4.73. The number of aryl methyl sites for hydroxylation is 2. The maximum absolute atomic E-state index is 12.5. The third-order valence-corrected chi connectivity index (χ3v) is 8.01. The number of ether oxygens (including phenoxy) is 1. The van der Waals surface area contributed by atoms with E-state index in [0.717, 1.165) is 51.3 Å². The van der Waals surface area contributed by atoms with Gasteiger partial charge < -0.3 is 9.64 Å². The first-order chi connectivity index (χ1) is 19.8. The normalized spacial score (nSPS) is 15.4. The molecule has 4 aromatic carbocycles. The quantitative estimate of drug-likeness (QED) is 0.158. The summed E-state index contributed by atoms with van der Waals surface area (Å²) in [5.41, 5.74) is 6.88. The molecule has 1 saturated heterocycles. The lowest BCUT2D eigenvalue weighted by Gasteiger charge is -2.31. The van der Waals surface area contributed by atoms with Gasteiger partial charge in [-0.3, -0.25) is 4.57 Å². The van der Waals surface area contributed by atoms with Crippen LogP contribution < -0.4 is 9.64 Å². The van der Waals surface area contributed by atoms with Crippen LogP contribution in [-0.4, -0.2) is 39.6 Å². The standard InChI is InChI=1S/C31H26F3N5OS/c1-20-5-3-6-21(2)29(20)38-15-4-16-41-30(38)37-36-18-22-7-13-26-23(17-22)8-14-27-28(26)35-19-39(27)24-9-11-25(12-10-24)40-31(32,33)34/h3,5-14,17-19H,4,15-16H2,1-2H3/b36-18+,37-30+. The van der Waals surface area contributed by atoms with E-state index in [-0.39, 0.29) is 5.75 Å². The highest BCUT2D eigenvalue weighted by Crippen LogP contribution is 2.31. The maximum atomic E-state index is 12.5. The van der Waals surface area contributed by atoms with Crippen LogP contribution in [0.2, 0.25) is 0 Å². The van der Waals surface area contributed by atoms with Gasteiger partial charge in [0.25, 0.3) is 0 Å². The number of imidazole rings is 1.